The van der Waals surface area contributed by atoms with E-state index in [-0.39, 0.29) is 5.92 Å². The minimum absolute atomic E-state index is 0.120. The van der Waals surface area contributed by atoms with Gasteiger partial charge in [0.15, 0.2) is 0 Å². The van der Waals surface area contributed by atoms with Gasteiger partial charge in [-0.15, -0.1) is 0 Å². The molecule has 2 N–H and O–H groups in total. The standard InChI is InChI=1S/C9H15NO4/c10-7-3-5-8-4-1-2-6-9(8,13-11)14-12/h8,11-12H,1-6H2. The van der Waals surface area contributed by atoms with Crippen LogP contribution in [0.25, 0.3) is 0 Å². The molecule has 0 aromatic heterocycles. The average Bonchev–Trinajstić information content (AvgIpc) is 2.26. The lowest BCUT2D eigenvalue weighted by atomic mass is 9.81. The van der Waals surface area contributed by atoms with E-state index >= 15 is 0 Å². The van der Waals surface area contributed by atoms with Gasteiger partial charge in [-0.25, -0.2) is 20.3 Å². The lowest BCUT2D eigenvalue weighted by Crippen LogP contribution is -2.44. The van der Waals surface area contributed by atoms with E-state index in [2.05, 4.69) is 9.78 Å². The summed E-state index contributed by atoms with van der Waals surface area (Å²) in [6, 6.07) is 2.03. The van der Waals surface area contributed by atoms with Crippen LogP contribution in [-0.4, -0.2) is 16.3 Å². The topological polar surface area (TPSA) is 82.7 Å². The van der Waals surface area contributed by atoms with Crippen molar-refractivity contribution < 1.29 is 20.3 Å². The molecule has 1 fully saturated rings. The maximum absolute atomic E-state index is 8.74. The molecule has 0 aromatic carbocycles. The van der Waals surface area contributed by atoms with Gasteiger partial charge in [-0.05, 0) is 19.3 Å². The van der Waals surface area contributed by atoms with Crippen molar-refractivity contribution in [2.75, 3.05) is 0 Å². The van der Waals surface area contributed by atoms with Crippen LogP contribution in [0.1, 0.15) is 38.5 Å². The van der Waals surface area contributed by atoms with Gasteiger partial charge in [0.2, 0.25) is 5.79 Å². The number of nitriles is 1. The monoisotopic (exact) mass is 201 g/mol. The van der Waals surface area contributed by atoms with Gasteiger partial charge in [-0.1, -0.05) is 6.42 Å². The molecule has 80 valence electrons. The third-order valence-corrected chi connectivity index (χ3v) is 2.86. The van der Waals surface area contributed by atoms with E-state index < -0.39 is 5.79 Å². The van der Waals surface area contributed by atoms with Gasteiger partial charge in [0, 0.05) is 18.8 Å². The van der Waals surface area contributed by atoms with Gasteiger partial charge in [0.1, 0.15) is 0 Å². The van der Waals surface area contributed by atoms with Crippen molar-refractivity contribution in [3.63, 3.8) is 0 Å². The summed E-state index contributed by atoms with van der Waals surface area (Å²) in [7, 11) is 0. The Bertz CT molecular complexity index is 209. The second-order valence-electron chi connectivity index (χ2n) is 3.63. The Kier molecular flexibility index (Phi) is 4.29. The smallest absolute Gasteiger partial charge is 0.236 e. The van der Waals surface area contributed by atoms with Crippen molar-refractivity contribution in [2.45, 2.75) is 44.3 Å². The fraction of sp³-hybridized carbons (Fsp3) is 0.889. The van der Waals surface area contributed by atoms with Crippen LogP contribution >= 0.6 is 0 Å². The van der Waals surface area contributed by atoms with E-state index in [9.17, 15) is 0 Å². The quantitative estimate of drug-likeness (QED) is 0.413. The minimum Gasteiger partial charge on any atom is -0.249 e. The predicted octanol–water partition coefficient (Wildman–Crippen LogP) is 2.16. The average molecular weight is 201 g/mol. The zero-order valence-electron chi connectivity index (χ0n) is 7.98. The molecule has 1 rings (SSSR count). The zero-order chi connectivity index (χ0) is 10.4. The summed E-state index contributed by atoms with van der Waals surface area (Å²) in [5.74, 6) is -1.43. The lowest BCUT2D eigenvalue weighted by molar-refractivity contribution is -0.505. The summed E-state index contributed by atoms with van der Waals surface area (Å²) < 4.78 is 0. The predicted molar refractivity (Wildman–Crippen MR) is 47.0 cm³/mol. The highest BCUT2D eigenvalue weighted by molar-refractivity contribution is 4.85. The molecule has 0 aromatic rings. The van der Waals surface area contributed by atoms with E-state index in [0.29, 0.717) is 19.3 Å². The molecule has 1 aliphatic rings. The summed E-state index contributed by atoms with van der Waals surface area (Å²) in [6.07, 6.45) is 4.03. The van der Waals surface area contributed by atoms with Crippen LogP contribution in [0, 0.1) is 17.2 Å². The first kappa shape index (κ1) is 11.4. The molecule has 1 unspecified atom stereocenters. The summed E-state index contributed by atoms with van der Waals surface area (Å²) in [6.45, 7) is 0. The van der Waals surface area contributed by atoms with E-state index in [1.165, 1.54) is 0 Å². The normalized spacial score (nSPS) is 25.6. The molecule has 0 heterocycles. The van der Waals surface area contributed by atoms with E-state index in [4.69, 9.17) is 15.8 Å². The molecule has 0 saturated heterocycles. The van der Waals surface area contributed by atoms with Crippen LogP contribution in [0.4, 0.5) is 0 Å². The highest BCUT2D eigenvalue weighted by atomic mass is 17.2. The van der Waals surface area contributed by atoms with Gasteiger partial charge < -0.3 is 0 Å². The van der Waals surface area contributed by atoms with Gasteiger partial charge in [0.05, 0.1) is 6.07 Å². The maximum atomic E-state index is 8.74. The van der Waals surface area contributed by atoms with Crippen molar-refractivity contribution in [2.24, 2.45) is 5.92 Å². The first-order valence-corrected chi connectivity index (χ1v) is 4.81. The molecule has 1 aliphatic carbocycles. The number of rotatable bonds is 4. The number of hydrogen-bond donors (Lipinski definition) is 2. The van der Waals surface area contributed by atoms with Gasteiger partial charge in [-0.2, -0.15) is 5.26 Å². The van der Waals surface area contributed by atoms with E-state index in [0.717, 1.165) is 19.3 Å². The molecular weight excluding hydrogens is 186 g/mol. The zero-order valence-corrected chi connectivity index (χ0v) is 7.98. The van der Waals surface area contributed by atoms with Gasteiger partial charge in [-0.3, -0.25) is 0 Å². The van der Waals surface area contributed by atoms with Crippen molar-refractivity contribution in [3.05, 3.63) is 0 Å². The Morgan fingerprint density at radius 2 is 2.07 bits per heavy atom. The molecule has 1 atom stereocenters. The van der Waals surface area contributed by atoms with Crippen LogP contribution in [0.15, 0.2) is 0 Å². The molecule has 0 radical (unpaired) electrons. The molecule has 5 nitrogen and oxygen atoms in total. The third kappa shape index (κ3) is 2.22. The van der Waals surface area contributed by atoms with Crippen LogP contribution in [-0.2, 0) is 9.78 Å². The molecule has 0 bridgehead atoms. The Morgan fingerprint density at radius 1 is 1.36 bits per heavy atom. The molecule has 1 saturated carbocycles. The Balaban J connectivity index is 2.62. The fourth-order valence-electron chi connectivity index (χ4n) is 2.05. The Labute approximate surface area is 82.7 Å². The van der Waals surface area contributed by atoms with Crippen LogP contribution < -0.4 is 0 Å². The molecule has 0 spiro atoms. The van der Waals surface area contributed by atoms with Crippen molar-refractivity contribution in [1.82, 2.24) is 0 Å². The second-order valence-corrected chi connectivity index (χ2v) is 3.63. The van der Waals surface area contributed by atoms with Gasteiger partial charge in [0.25, 0.3) is 0 Å². The van der Waals surface area contributed by atoms with Crippen LogP contribution in [0.5, 0.6) is 0 Å². The highest BCUT2D eigenvalue weighted by Crippen LogP contribution is 2.39. The summed E-state index contributed by atoms with van der Waals surface area (Å²) in [4.78, 5) is 8.51. The Morgan fingerprint density at radius 3 is 2.64 bits per heavy atom. The second kappa shape index (κ2) is 5.27. The van der Waals surface area contributed by atoms with Crippen molar-refractivity contribution >= 4 is 0 Å². The molecular formula is C9H15NO4. The van der Waals surface area contributed by atoms with Crippen molar-refractivity contribution in [1.29, 1.82) is 5.26 Å². The van der Waals surface area contributed by atoms with E-state index in [1.807, 2.05) is 6.07 Å². The largest absolute Gasteiger partial charge is 0.249 e. The summed E-state index contributed by atoms with van der Waals surface area (Å²) in [5, 5.41) is 25.9. The van der Waals surface area contributed by atoms with Crippen molar-refractivity contribution in [3.8, 4) is 6.07 Å². The first-order valence-electron chi connectivity index (χ1n) is 4.81. The summed E-state index contributed by atoms with van der Waals surface area (Å²) >= 11 is 0. The fourth-order valence-corrected chi connectivity index (χ4v) is 2.05. The number of nitrogens with zero attached hydrogens (tertiary/aromatic N) is 1. The SMILES string of the molecule is N#CCCC1CCCCC1(OO)OO. The molecule has 0 amide bonds. The minimum atomic E-state index is -1.31. The lowest BCUT2D eigenvalue weighted by Gasteiger charge is -2.37. The van der Waals surface area contributed by atoms with Crippen LogP contribution in [0.3, 0.4) is 0 Å². The molecule has 0 aliphatic heterocycles. The highest BCUT2D eigenvalue weighted by Gasteiger charge is 2.44. The van der Waals surface area contributed by atoms with Gasteiger partial charge >= 0.3 is 0 Å². The molecule has 14 heavy (non-hydrogen) atoms. The number of hydrogen-bond acceptors (Lipinski definition) is 5. The first-order chi connectivity index (χ1) is 6.79. The maximum Gasteiger partial charge on any atom is 0.236 e. The Hall–Kier alpha value is -0.670. The summed E-state index contributed by atoms with van der Waals surface area (Å²) in [5.41, 5.74) is 0. The third-order valence-electron chi connectivity index (χ3n) is 2.86. The van der Waals surface area contributed by atoms with Crippen LogP contribution in [0.2, 0.25) is 0 Å². The molecule has 5 heteroatoms. The van der Waals surface area contributed by atoms with E-state index in [1.54, 1.807) is 0 Å².